The predicted octanol–water partition coefficient (Wildman–Crippen LogP) is 2.36. The van der Waals surface area contributed by atoms with Gasteiger partial charge in [0.2, 0.25) is 0 Å². The van der Waals surface area contributed by atoms with E-state index in [2.05, 4.69) is 23.9 Å². The van der Waals surface area contributed by atoms with Crippen molar-refractivity contribution in [2.75, 3.05) is 40.9 Å². The van der Waals surface area contributed by atoms with Crippen LogP contribution in [0.1, 0.15) is 24.8 Å². The monoisotopic (exact) mass is 324 g/mol. The smallest absolute Gasteiger partial charge is 0.165 e. The van der Waals surface area contributed by atoms with E-state index in [4.69, 9.17) is 9.84 Å². The van der Waals surface area contributed by atoms with Crippen molar-refractivity contribution in [1.82, 2.24) is 9.80 Å². The number of halogens is 1. The number of likely N-dealkylation sites (tertiary alicyclic amines) is 1. The highest BCUT2D eigenvalue weighted by Crippen LogP contribution is 2.27. The van der Waals surface area contributed by atoms with Gasteiger partial charge in [0, 0.05) is 25.7 Å². The molecule has 1 aliphatic rings. The molecule has 0 saturated carbocycles. The van der Waals surface area contributed by atoms with Crippen molar-refractivity contribution < 1.29 is 14.2 Å². The molecule has 1 aromatic carbocycles. The Morgan fingerprint density at radius 3 is 2.83 bits per heavy atom. The number of hydrogen-bond donors (Lipinski definition) is 1. The van der Waals surface area contributed by atoms with Crippen molar-refractivity contribution >= 4 is 0 Å². The zero-order chi connectivity index (χ0) is 16.8. The van der Waals surface area contributed by atoms with Gasteiger partial charge in [0.05, 0.1) is 7.11 Å². The van der Waals surface area contributed by atoms with Gasteiger partial charge in [-0.05, 0) is 63.5 Å². The molecular formula is C18H29FN2O2. The zero-order valence-electron chi connectivity index (χ0n) is 14.5. The molecule has 130 valence electrons. The van der Waals surface area contributed by atoms with Gasteiger partial charge < -0.3 is 14.7 Å². The molecule has 0 amide bonds. The maximum Gasteiger partial charge on any atom is 0.165 e. The summed E-state index contributed by atoms with van der Waals surface area (Å²) in [7, 11) is 5.77. The number of nitrogens with zero attached hydrogens (tertiary/aromatic N) is 2. The molecule has 1 fully saturated rings. The highest BCUT2D eigenvalue weighted by molar-refractivity contribution is 5.30. The van der Waals surface area contributed by atoms with Crippen LogP contribution in [-0.2, 0) is 6.54 Å². The van der Waals surface area contributed by atoms with Crippen molar-refractivity contribution in [3.63, 3.8) is 0 Å². The molecule has 1 heterocycles. The lowest BCUT2D eigenvalue weighted by Crippen LogP contribution is -2.48. The van der Waals surface area contributed by atoms with Crippen molar-refractivity contribution in [2.45, 2.75) is 31.8 Å². The fourth-order valence-corrected chi connectivity index (χ4v) is 3.62. The van der Waals surface area contributed by atoms with Gasteiger partial charge in [0.1, 0.15) is 0 Å². The van der Waals surface area contributed by atoms with E-state index in [9.17, 15) is 4.39 Å². The van der Waals surface area contributed by atoms with Crippen LogP contribution < -0.4 is 4.74 Å². The molecule has 1 aromatic rings. The third-order valence-electron chi connectivity index (χ3n) is 4.80. The van der Waals surface area contributed by atoms with Crippen LogP contribution in [0.25, 0.3) is 0 Å². The molecule has 2 rings (SSSR count). The molecule has 2 atom stereocenters. The molecule has 1 aliphatic heterocycles. The van der Waals surface area contributed by atoms with Crippen LogP contribution in [0.3, 0.4) is 0 Å². The van der Waals surface area contributed by atoms with Crippen molar-refractivity contribution in [3.8, 4) is 5.75 Å². The SMILES string of the molecule is COc1cc(CN2CC[C@H](N(C)C)[C@H](CCCO)C2)ccc1F. The van der Waals surface area contributed by atoms with E-state index in [1.54, 1.807) is 6.07 Å². The Balaban J connectivity index is 2.00. The molecule has 5 heteroatoms. The number of benzene rings is 1. The van der Waals surface area contributed by atoms with Crippen LogP contribution in [0.15, 0.2) is 18.2 Å². The van der Waals surface area contributed by atoms with Crippen molar-refractivity contribution in [2.24, 2.45) is 5.92 Å². The van der Waals surface area contributed by atoms with Gasteiger partial charge in [0.25, 0.3) is 0 Å². The molecule has 0 aliphatic carbocycles. The van der Waals surface area contributed by atoms with E-state index >= 15 is 0 Å². The molecule has 1 N–H and O–H groups in total. The molecular weight excluding hydrogens is 295 g/mol. The number of hydrogen-bond acceptors (Lipinski definition) is 4. The Morgan fingerprint density at radius 2 is 2.17 bits per heavy atom. The number of methoxy groups -OCH3 is 1. The quantitative estimate of drug-likeness (QED) is 0.835. The molecule has 23 heavy (non-hydrogen) atoms. The van der Waals surface area contributed by atoms with Gasteiger partial charge in [-0.3, -0.25) is 4.90 Å². The minimum absolute atomic E-state index is 0.256. The average Bonchev–Trinajstić information content (AvgIpc) is 2.54. The number of ether oxygens (including phenoxy) is 1. The number of piperidine rings is 1. The molecule has 4 nitrogen and oxygen atoms in total. The van der Waals surface area contributed by atoms with Crippen LogP contribution >= 0.6 is 0 Å². The molecule has 0 radical (unpaired) electrons. The summed E-state index contributed by atoms with van der Waals surface area (Å²) >= 11 is 0. The average molecular weight is 324 g/mol. The Hall–Kier alpha value is -1.17. The summed E-state index contributed by atoms with van der Waals surface area (Å²) in [4.78, 5) is 4.73. The van der Waals surface area contributed by atoms with E-state index in [-0.39, 0.29) is 12.4 Å². The van der Waals surface area contributed by atoms with Gasteiger partial charge in [0.15, 0.2) is 11.6 Å². The highest BCUT2D eigenvalue weighted by Gasteiger charge is 2.30. The first-order chi connectivity index (χ1) is 11.0. The van der Waals surface area contributed by atoms with Crippen LogP contribution in [0, 0.1) is 11.7 Å². The fourth-order valence-electron chi connectivity index (χ4n) is 3.62. The van der Waals surface area contributed by atoms with Gasteiger partial charge in [-0.25, -0.2) is 4.39 Å². The van der Waals surface area contributed by atoms with E-state index in [1.807, 2.05) is 6.07 Å². The zero-order valence-corrected chi connectivity index (χ0v) is 14.5. The normalized spacial score (nSPS) is 22.5. The second kappa shape index (κ2) is 8.62. The summed E-state index contributed by atoms with van der Waals surface area (Å²) in [6, 6.07) is 5.67. The van der Waals surface area contributed by atoms with Crippen LogP contribution in [0.5, 0.6) is 5.75 Å². The predicted molar refractivity (Wildman–Crippen MR) is 90.1 cm³/mol. The third-order valence-corrected chi connectivity index (χ3v) is 4.80. The van der Waals surface area contributed by atoms with Gasteiger partial charge >= 0.3 is 0 Å². The number of aliphatic hydroxyl groups is 1. The second-order valence-corrected chi connectivity index (χ2v) is 6.65. The second-order valence-electron chi connectivity index (χ2n) is 6.65. The molecule has 0 aromatic heterocycles. The van der Waals surface area contributed by atoms with E-state index in [0.717, 1.165) is 44.5 Å². The Bertz CT molecular complexity index is 496. The summed E-state index contributed by atoms with van der Waals surface area (Å²) in [6.45, 7) is 3.12. The molecule has 0 unspecified atom stereocenters. The first-order valence-electron chi connectivity index (χ1n) is 8.37. The van der Waals surface area contributed by atoms with Gasteiger partial charge in [-0.1, -0.05) is 6.07 Å². The lowest BCUT2D eigenvalue weighted by molar-refractivity contribution is 0.0716. The van der Waals surface area contributed by atoms with Crippen molar-refractivity contribution in [1.29, 1.82) is 0 Å². The van der Waals surface area contributed by atoms with Crippen LogP contribution in [0.2, 0.25) is 0 Å². The molecule has 0 spiro atoms. The summed E-state index contributed by atoms with van der Waals surface area (Å²) < 4.78 is 18.6. The van der Waals surface area contributed by atoms with E-state index in [0.29, 0.717) is 17.7 Å². The minimum atomic E-state index is -0.316. The standard InChI is InChI=1S/C18H29FN2O2/c1-20(2)17-8-9-21(13-15(17)5-4-10-22)12-14-6-7-16(19)18(11-14)23-3/h6-7,11,15,17,22H,4-5,8-10,12-13H2,1-3H3/t15-,17+/m1/s1. The number of aliphatic hydroxyl groups excluding tert-OH is 1. The summed E-state index contributed by atoms with van der Waals surface area (Å²) in [6.07, 6.45) is 3.03. The van der Waals surface area contributed by atoms with Crippen molar-refractivity contribution in [3.05, 3.63) is 29.6 Å². The lowest BCUT2D eigenvalue weighted by atomic mass is 9.87. The lowest BCUT2D eigenvalue weighted by Gasteiger charge is -2.41. The first kappa shape index (κ1) is 18.2. The maximum absolute atomic E-state index is 13.5. The van der Waals surface area contributed by atoms with Gasteiger partial charge in [-0.15, -0.1) is 0 Å². The number of rotatable bonds is 7. The minimum Gasteiger partial charge on any atom is -0.494 e. The van der Waals surface area contributed by atoms with E-state index in [1.165, 1.54) is 13.2 Å². The van der Waals surface area contributed by atoms with Crippen LogP contribution in [-0.4, -0.2) is 61.8 Å². The fraction of sp³-hybridized carbons (Fsp3) is 0.667. The summed E-state index contributed by atoms with van der Waals surface area (Å²) in [5.74, 6) is 0.555. The largest absolute Gasteiger partial charge is 0.494 e. The van der Waals surface area contributed by atoms with E-state index < -0.39 is 0 Å². The van der Waals surface area contributed by atoms with Gasteiger partial charge in [-0.2, -0.15) is 0 Å². The topological polar surface area (TPSA) is 35.9 Å². The Morgan fingerprint density at radius 1 is 1.39 bits per heavy atom. The summed E-state index contributed by atoms with van der Waals surface area (Å²) in [5, 5.41) is 9.13. The Labute approximate surface area is 138 Å². The van der Waals surface area contributed by atoms with Crippen LogP contribution in [0.4, 0.5) is 4.39 Å². The Kier molecular flexibility index (Phi) is 6.81. The highest BCUT2D eigenvalue weighted by atomic mass is 19.1. The maximum atomic E-state index is 13.5. The molecule has 0 bridgehead atoms. The summed E-state index contributed by atoms with van der Waals surface area (Å²) in [5.41, 5.74) is 1.08. The third kappa shape index (κ3) is 4.90. The molecule has 1 saturated heterocycles. The first-order valence-corrected chi connectivity index (χ1v) is 8.37.